The minimum Gasteiger partial charge on any atom is -0.516 e. The molecule has 17 heavy (non-hydrogen) atoms. The molecule has 1 aromatic carbocycles. The van der Waals surface area contributed by atoms with Crippen LogP contribution in [0.25, 0.3) is 11.4 Å². The van der Waals surface area contributed by atoms with Crippen molar-refractivity contribution in [2.45, 2.75) is 6.17 Å². The quantitative estimate of drug-likeness (QED) is 0.823. The number of allylic oxidation sites excluding steroid dienone is 1. The molecule has 0 saturated carbocycles. The highest BCUT2D eigenvalue weighted by atomic mass is 19.1. The third-order valence-electron chi connectivity index (χ3n) is 2.31. The van der Waals surface area contributed by atoms with Gasteiger partial charge >= 0.3 is 0 Å². The highest BCUT2D eigenvalue weighted by Gasteiger charge is 2.06. The molecule has 0 fully saturated rings. The monoisotopic (exact) mass is 230 g/mol. The maximum Gasteiger partial charge on any atom is 0.159 e. The Labute approximate surface area is 98.3 Å². The molecular weight excluding hydrogens is 219 g/mol. The van der Waals surface area contributed by atoms with Crippen LogP contribution < -0.4 is 0 Å². The minimum absolute atomic E-state index is 0.481. The van der Waals surface area contributed by atoms with Crippen molar-refractivity contribution >= 4 is 0 Å². The standard InChI is InChI=1S/C13H11FN2O/c14-12(6-9-17)10-2-4-11(5-3-10)13-15-7-1-8-16-13/h1-9,12,17H/b9-6-. The second-order valence-corrected chi connectivity index (χ2v) is 3.44. The second kappa shape index (κ2) is 5.21. The van der Waals surface area contributed by atoms with E-state index in [1.165, 1.54) is 0 Å². The summed E-state index contributed by atoms with van der Waals surface area (Å²) in [5.74, 6) is 0.604. The highest BCUT2D eigenvalue weighted by Crippen LogP contribution is 2.22. The normalized spacial score (nSPS) is 12.8. The molecule has 0 amide bonds. The molecule has 1 N–H and O–H groups in total. The lowest BCUT2D eigenvalue weighted by atomic mass is 10.1. The number of nitrogens with zero attached hydrogens (tertiary/aromatic N) is 2. The van der Waals surface area contributed by atoms with Gasteiger partial charge in [0.25, 0.3) is 0 Å². The molecule has 1 aromatic heterocycles. The zero-order valence-corrected chi connectivity index (χ0v) is 8.99. The van der Waals surface area contributed by atoms with Crippen LogP contribution in [0.4, 0.5) is 4.39 Å². The third kappa shape index (κ3) is 2.66. The number of aromatic nitrogens is 2. The van der Waals surface area contributed by atoms with Crippen LogP contribution in [0.3, 0.4) is 0 Å². The number of benzene rings is 1. The van der Waals surface area contributed by atoms with Crippen LogP contribution in [0.2, 0.25) is 0 Å². The van der Waals surface area contributed by atoms with Crippen molar-refractivity contribution in [2.75, 3.05) is 0 Å². The summed E-state index contributed by atoms with van der Waals surface area (Å²) in [7, 11) is 0. The first-order chi connectivity index (χ1) is 8.31. The Bertz CT molecular complexity index is 497. The first-order valence-electron chi connectivity index (χ1n) is 5.13. The maximum absolute atomic E-state index is 13.4. The van der Waals surface area contributed by atoms with Gasteiger partial charge < -0.3 is 5.11 Å². The van der Waals surface area contributed by atoms with Gasteiger partial charge in [0.05, 0.1) is 6.26 Å². The molecule has 1 unspecified atom stereocenters. The van der Waals surface area contributed by atoms with Crippen LogP contribution in [0.15, 0.2) is 55.1 Å². The summed E-state index contributed by atoms with van der Waals surface area (Å²) in [5.41, 5.74) is 1.31. The van der Waals surface area contributed by atoms with Crippen molar-refractivity contribution in [3.63, 3.8) is 0 Å². The van der Waals surface area contributed by atoms with E-state index in [0.29, 0.717) is 17.6 Å². The van der Waals surface area contributed by atoms with Crippen LogP contribution in [-0.2, 0) is 0 Å². The fourth-order valence-electron chi connectivity index (χ4n) is 1.45. The van der Waals surface area contributed by atoms with Crippen molar-refractivity contribution < 1.29 is 9.50 Å². The molecule has 3 nitrogen and oxygen atoms in total. The molecule has 0 aliphatic rings. The van der Waals surface area contributed by atoms with Gasteiger partial charge in [-0.1, -0.05) is 24.3 Å². The molecule has 0 radical (unpaired) electrons. The van der Waals surface area contributed by atoms with E-state index in [4.69, 9.17) is 5.11 Å². The number of hydrogen-bond acceptors (Lipinski definition) is 3. The SMILES string of the molecule is O/C=C\C(F)c1ccc(-c2ncccn2)cc1. The van der Waals surface area contributed by atoms with Crippen molar-refractivity contribution in [1.29, 1.82) is 0 Å². The molecule has 1 atom stereocenters. The maximum atomic E-state index is 13.4. The average molecular weight is 230 g/mol. The van der Waals surface area contributed by atoms with Gasteiger partial charge in [-0.15, -0.1) is 0 Å². The van der Waals surface area contributed by atoms with E-state index in [-0.39, 0.29) is 0 Å². The zero-order valence-electron chi connectivity index (χ0n) is 8.99. The van der Waals surface area contributed by atoms with Gasteiger partial charge in [0.15, 0.2) is 5.82 Å². The molecule has 4 heteroatoms. The van der Waals surface area contributed by atoms with Crippen LogP contribution in [-0.4, -0.2) is 15.1 Å². The third-order valence-corrected chi connectivity index (χ3v) is 2.31. The number of aliphatic hydroxyl groups is 1. The number of alkyl halides is 1. The number of hydrogen-bond donors (Lipinski definition) is 1. The molecule has 2 rings (SSSR count). The summed E-state index contributed by atoms with van der Waals surface area (Å²) in [4.78, 5) is 8.20. The first kappa shape index (κ1) is 11.3. The topological polar surface area (TPSA) is 46.0 Å². The number of halogens is 1. The summed E-state index contributed by atoms with van der Waals surface area (Å²) < 4.78 is 13.4. The number of aliphatic hydroxyl groups excluding tert-OH is 1. The molecule has 86 valence electrons. The lowest BCUT2D eigenvalue weighted by Gasteiger charge is -2.04. The molecule has 0 spiro atoms. The van der Waals surface area contributed by atoms with Gasteiger partial charge in [0, 0.05) is 18.0 Å². The Morgan fingerprint density at radius 3 is 2.35 bits per heavy atom. The van der Waals surface area contributed by atoms with Crippen LogP contribution in [0, 0.1) is 0 Å². The molecule has 0 aliphatic carbocycles. The van der Waals surface area contributed by atoms with E-state index in [2.05, 4.69) is 9.97 Å². The Morgan fingerprint density at radius 2 is 1.76 bits per heavy atom. The lowest BCUT2D eigenvalue weighted by Crippen LogP contribution is -1.90. The predicted molar refractivity (Wildman–Crippen MR) is 63.1 cm³/mol. The van der Waals surface area contributed by atoms with Crippen molar-refractivity contribution in [2.24, 2.45) is 0 Å². The Kier molecular flexibility index (Phi) is 3.45. The van der Waals surface area contributed by atoms with E-state index < -0.39 is 6.17 Å². The summed E-state index contributed by atoms with van der Waals surface area (Å²) >= 11 is 0. The van der Waals surface area contributed by atoms with E-state index in [1.807, 2.05) is 0 Å². The van der Waals surface area contributed by atoms with Crippen LogP contribution in [0.5, 0.6) is 0 Å². The molecule has 2 aromatic rings. The average Bonchev–Trinajstić information content (AvgIpc) is 2.40. The van der Waals surface area contributed by atoms with E-state index in [0.717, 1.165) is 11.6 Å². The van der Waals surface area contributed by atoms with Gasteiger partial charge in [-0.3, -0.25) is 0 Å². The summed E-state index contributed by atoms with van der Waals surface area (Å²) in [6.45, 7) is 0. The Balaban J connectivity index is 2.25. The van der Waals surface area contributed by atoms with E-state index >= 15 is 0 Å². The lowest BCUT2D eigenvalue weighted by molar-refractivity contribution is 0.396. The number of rotatable bonds is 3. The predicted octanol–water partition coefficient (Wildman–Crippen LogP) is 3.23. The van der Waals surface area contributed by atoms with E-state index in [1.54, 1.807) is 42.7 Å². The zero-order chi connectivity index (χ0) is 12.1. The summed E-state index contributed by atoms with van der Waals surface area (Å²) in [6.07, 6.45) is 3.80. The van der Waals surface area contributed by atoms with Crippen molar-refractivity contribution in [3.8, 4) is 11.4 Å². The van der Waals surface area contributed by atoms with Gasteiger partial charge in [-0.2, -0.15) is 0 Å². The van der Waals surface area contributed by atoms with Crippen LogP contribution in [0.1, 0.15) is 11.7 Å². The van der Waals surface area contributed by atoms with Gasteiger partial charge in [-0.05, 0) is 17.7 Å². The molecular formula is C13H11FN2O. The molecule has 0 saturated heterocycles. The fourth-order valence-corrected chi connectivity index (χ4v) is 1.45. The fraction of sp³-hybridized carbons (Fsp3) is 0.0769. The van der Waals surface area contributed by atoms with Crippen molar-refractivity contribution in [1.82, 2.24) is 9.97 Å². The van der Waals surface area contributed by atoms with Crippen LogP contribution >= 0.6 is 0 Å². The molecule has 0 aliphatic heterocycles. The first-order valence-corrected chi connectivity index (χ1v) is 5.13. The van der Waals surface area contributed by atoms with Gasteiger partial charge in [0.2, 0.25) is 0 Å². The minimum atomic E-state index is -1.30. The second-order valence-electron chi connectivity index (χ2n) is 3.44. The summed E-state index contributed by atoms with van der Waals surface area (Å²) in [5, 5.41) is 8.49. The van der Waals surface area contributed by atoms with Crippen molar-refractivity contribution in [3.05, 3.63) is 60.6 Å². The largest absolute Gasteiger partial charge is 0.516 e. The van der Waals surface area contributed by atoms with E-state index in [9.17, 15) is 4.39 Å². The van der Waals surface area contributed by atoms with Gasteiger partial charge in [-0.25, -0.2) is 14.4 Å². The Morgan fingerprint density at radius 1 is 1.12 bits per heavy atom. The Hall–Kier alpha value is -2.23. The summed E-state index contributed by atoms with van der Waals surface area (Å²) in [6, 6.07) is 8.54. The smallest absolute Gasteiger partial charge is 0.159 e. The highest BCUT2D eigenvalue weighted by molar-refractivity contribution is 5.55. The molecule has 1 heterocycles. The molecule has 0 bridgehead atoms. The van der Waals surface area contributed by atoms with Gasteiger partial charge in [0.1, 0.15) is 6.17 Å².